The van der Waals surface area contributed by atoms with Crippen molar-refractivity contribution in [3.63, 3.8) is 0 Å². The molecule has 1 heterocycles. The monoisotopic (exact) mass is 278 g/mol. The van der Waals surface area contributed by atoms with Crippen LogP contribution < -0.4 is 10.6 Å². The molecule has 6 heteroatoms. The average Bonchev–Trinajstić information content (AvgIpc) is 2.65. The Morgan fingerprint density at radius 2 is 2.29 bits per heavy atom. The second kappa shape index (κ2) is 6.19. The van der Waals surface area contributed by atoms with Gasteiger partial charge in [0, 0.05) is 23.7 Å². The van der Waals surface area contributed by atoms with Gasteiger partial charge in [-0.3, -0.25) is 4.79 Å². The molecule has 1 amide bonds. The Kier molecular flexibility index (Phi) is 5.18. The third-order valence-electron chi connectivity index (χ3n) is 2.49. The highest BCUT2D eigenvalue weighted by molar-refractivity contribution is 6.30. The average molecular weight is 279 g/mol. The first-order valence-corrected chi connectivity index (χ1v) is 5.47. The van der Waals surface area contributed by atoms with Crippen LogP contribution in [0.5, 0.6) is 0 Å². The third-order valence-corrected chi connectivity index (χ3v) is 2.72. The zero-order valence-corrected chi connectivity index (χ0v) is 10.5. The van der Waals surface area contributed by atoms with Gasteiger partial charge in [0.25, 0.3) is 0 Å². The first kappa shape index (κ1) is 14.2. The van der Waals surface area contributed by atoms with Crippen molar-refractivity contribution in [2.45, 2.75) is 18.6 Å². The number of hydrogen-bond donors (Lipinski definition) is 2. The number of rotatable bonds is 2. The summed E-state index contributed by atoms with van der Waals surface area (Å²) in [5, 5.41) is 6.07. The minimum absolute atomic E-state index is 0. The molecule has 0 spiro atoms. The summed E-state index contributed by atoms with van der Waals surface area (Å²) in [6.45, 7) is 0.244. The highest BCUT2D eigenvalue weighted by Gasteiger charge is 2.29. The summed E-state index contributed by atoms with van der Waals surface area (Å²) >= 11 is 5.78. The fourth-order valence-corrected chi connectivity index (χ4v) is 1.88. The quantitative estimate of drug-likeness (QED) is 0.872. The molecule has 0 aliphatic carbocycles. The largest absolute Gasteiger partial charge is 0.325 e. The first-order chi connectivity index (χ1) is 7.65. The van der Waals surface area contributed by atoms with Crippen LogP contribution in [0.3, 0.4) is 0 Å². The number of amides is 1. The van der Waals surface area contributed by atoms with Gasteiger partial charge in [-0.1, -0.05) is 17.7 Å². The Bertz CT molecular complexity index is 403. The number of nitrogens with one attached hydrogen (secondary N) is 2. The summed E-state index contributed by atoms with van der Waals surface area (Å²) in [6, 6.07) is 6.42. The standard InChI is InChI=1S/C11H12ClFN2O.ClH/c12-7-2-1-3-9(4-7)15-11(16)10-5-8(13)6-14-10;/h1-4,8,10,14H,5-6H2,(H,15,16);1H/t8-,10+;/m1./s1. The number of benzene rings is 1. The van der Waals surface area contributed by atoms with Gasteiger partial charge in [-0.05, 0) is 18.2 Å². The predicted molar refractivity (Wildman–Crippen MR) is 68.6 cm³/mol. The Morgan fingerprint density at radius 3 is 2.88 bits per heavy atom. The Balaban J connectivity index is 0.00000144. The van der Waals surface area contributed by atoms with Crippen molar-refractivity contribution in [1.82, 2.24) is 5.32 Å². The van der Waals surface area contributed by atoms with E-state index in [9.17, 15) is 9.18 Å². The molecular formula is C11H13Cl2FN2O. The van der Waals surface area contributed by atoms with Gasteiger partial charge in [0.1, 0.15) is 6.17 Å². The van der Waals surface area contributed by atoms with Crippen LogP contribution in [0.2, 0.25) is 5.02 Å². The number of carbonyl (C=O) groups is 1. The number of alkyl halides is 1. The van der Waals surface area contributed by atoms with Gasteiger partial charge in [0.05, 0.1) is 6.04 Å². The summed E-state index contributed by atoms with van der Waals surface area (Å²) < 4.78 is 12.9. The second-order valence-corrected chi connectivity index (χ2v) is 4.23. The van der Waals surface area contributed by atoms with E-state index < -0.39 is 12.2 Å². The molecule has 1 saturated heterocycles. The van der Waals surface area contributed by atoms with Gasteiger partial charge < -0.3 is 10.6 Å². The molecule has 1 aromatic carbocycles. The molecule has 1 fully saturated rings. The second-order valence-electron chi connectivity index (χ2n) is 3.79. The SMILES string of the molecule is Cl.O=C(Nc1cccc(Cl)c1)[C@@H]1C[C@@H](F)CN1. The molecule has 1 aromatic rings. The van der Waals surface area contributed by atoms with E-state index in [0.717, 1.165) is 0 Å². The van der Waals surface area contributed by atoms with E-state index in [1.165, 1.54) is 0 Å². The predicted octanol–water partition coefficient (Wildman–Crippen LogP) is 2.40. The normalized spacial score (nSPS) is 22.9. The number of halogens is 3. The van der Waals surface area contributed by atoms with E-state index in [2.05, 4.69) is 10.6 Å². The Hall–Kier alpha value is -0.840. The van der Waals surface area contributed by atoms with E-state index in [4.69, 9.17) is 11.6 Å². The summed E-state index contributed by atoms with van der Waals surface area (Å²) in [4.78, 5) is 11.7. The summed E-state index contributed by atoms with van der Waals surface area (Å²) in [5.74, 6) is -0.220. The van der Waals surface area contributed by atoms with E-state index in [0.29, 0.717) is 10.7 Å². The van der Waals surface area contributed by atoms with Gasteiger partial charge >= 0.3 is 0 Å². The highest BCUT2D eigenvalue weighted by atomic mass is 35.5. The van der Waals surface area contributed by atoms with Crippen LogP contribution in [0, 0.1) is 0 Å². The Labute approximate surface area is 110 Å². The molecule has 0 bridgehead atoms. The van der Waals surface area contributed by atoms with Crippen molar-refractivity contribution in [2.24, 2.45) is 0 Å². The van der Waals surface area contributed by atoms with Crippen LogP contribution >= 0.6 is 24.0 Å². The van der Waals surface area contributed by atoms with Crippen molar-refractivity contribution < 1.29 is 9.18 Å². The van der Waals surface area contributed by atoms with Crippen LogP contribution in [-0.2, 0) is 4.79 Å². The van der Waals surface area contributed by atoms with Gasteiger partial charge in [0.2, 0.25) is 5.91 Å². The van der Waals surface area contributed by atoms with Crippen LogP contribution in [0.25, 0.3) is 0 Å². The first-order valence-electron chi connectivity index (χ1n) is 5.09. The lowest BCUT2D eigenvalue weighted by molar-refractivity contribution is -0.117. The molecule has 3 nitrogen and oxygen atoms in total. The van der Waals surface area contributed by atoms with E-state index in [1.807, 2.05) is 0 Å². The maximum Gasteiger partial charge on any atom is 0.241 e. The number of hydrogen-bond acceptors (Lipinski definition) is 2. The molecule has 94 valence electrons. The molecule has 0 unspecified atom stereocenters. The van der Waals surface area contributed by atoms with Crippen LogP contribution in [-0.4, -0.2) is 24.7 Å². The van der Waals surface area contributed by atoms with Crippen molar-refractivity contribution in [3.05, 3.63) is 29.3 Å². The molecule has 1 aliphatic rings. The molecule has 0 aromatic heterocycles. The fraction of sp³-hybridized carbons (Fsp3) is 0.364. The lowest BCUT2D eigenvalue weighted by atomic mass is 10.2. The van der Waals surface area contributed by atoms with Crippen molar-refractivity contribution >= 4 is 35.6 Å². The molecule has 2 rings (SSSR count). The molecule has 0 saturated carbocycles. The smallest absolute Gasteiger partial charge is 0.241 e. The van der Waals surface area contributed by atoms with Gasteiger partial charge in [-0.25, -0.2) is 4.39 Å². The Morgan fingerprint density at radius 1 is 1.53 bits per heavy atom. The maximum absolute atomic E-state index is 12.9. The van der Waals surface area contributed by atoms with Crippen LogP contribution in [0.1, 0.15) is 6.42 Å². The van der Waals surface area contributed by atoms with Crippen LogP contribution in [0.4, 0.5) is 10.1 Å². The zero-order valence-electron chi connectivity index (χ0n) is 8.95. The minimum Gasteiger partial charge on any atom is -0.325 e. The number of anilines is 1. The lowest BCUT2D eigenvalue weighted by Crippen LogP contribution is -2.35. The van der Waals surface area contributed by atoms with Gasteiger partial charge in [-0.15, -0.1) is 12.4 Å². The van der Waals surface area contributed by atoms with Crippen molar-refractivity contribution in [1.29, 1.82) is 0 Å². The van der Waals surface area contributed by atoms with Gasteiger partial charge in [0.15, 0.2) is 0 Å². The van der Waals surface area contributed by atoms with E-state index >= 15 is 0 Å². The maximum atomic E-state index is 12.9. The summed E-state index contributed by atoms with van der Waals surface area (Å²) in [7, 11) is 0. The molecule has 1 aliphatic heterocycles. The van der Waals surface area contributed by atoms with E-state index in [1.54, 1.807) is 24.3 Å². The van der Waals surface area contributed by atoms with E-state index in [-0.39, 0.29) is 31.3 Å². The highest BCUT2D eigenvalue weighted by Crippen LogP contribution is 2.17. The van der Waals surface area contributed by atoms with Gasteiger partial charge in [-0.2, -0.15) is 0 Å². The molecular weight excluding hydrogens is 266 g/mol. The molecule has 17 heavy (non-hydrogen) atoms. The molecule has 2 atom stereocenters. The zero-order chi connectivity index (χ0) is 11.5. The third kappa shape index (κ3) is 3.84. The summed E-state index contributed by atoms with van der Waals surface area (Å²) in [5.41, 5.74) is 0.626. The number of carbonyl (C=O) groups excluding carboxylic acids is 1. The van der Waals surface area contributed by atoms with Crippen molar-refractivity contribution in [2.75, 3.05) is 11.9 Å². The summed E-state index contributed by atoms with van der Waals surface area (Å²) in [6.07, 6.45) is -0.707. The molecule has 2 N–H and O–H groups in total. The molecule has 0 radical (unpaired) electrons. The van der Waals surface area contributed by atoms with Crippen molar-refractivity contribution in [3.8, 4) is 0 Å². The minimum atomic E-state index is -0.935. The fourth-order valence-electron chi connectivity index (χ4n) is 1.69. The topological polar surface area (TPSA) is 41.1 Å². The lowest BCUT2D eigenvalue weighted by Gasteiger charge is -2.10. The van der Waals surface area contributed by atoms with Crippen LogP contribution in [0.15, 0.2) is 24.3 Å².